The standard InChI is InChI=1S/C11H11F2NO2/c12-9-1-2-10(13)7(3-9)4-14-5-8(6-14)11(15)16/h1-3,8H,4-6H2,(H,15,16). The Hall–Kier alpha value is -1.49. The van der Waals surface area contributed by atoms with Crippen molar-refractivity contribution < 1.29 is 18.7 Å². The number of carboxylic acids is 1. The smallest absolute Gasteiger partial charge is 0.309 e. The van der Waals surface area contributed by atoms with Crippen molar-refractivity contribution in [3.63, 3.8) is 0 Å². The number of benzene rings is 1. The van der Waals surface area contributed by atoms with Crippen molar-refractivity contribution in [2.24, 2.45) is 5.92 Å². The second-order valence-corrected chi connectivity index (χ2v) is 3.96. The molecule has 0 bridgehead atoms. The van der Waals surface area contributed by atoms with Crippen molar-refractivity contribution in [3.05, 3.63) is 35.4 Å². The summed E-state index contributed by atoms with van der Waals surface area (Å²) < 4.78 is 26.1. The average molecular weight is 227 g/mol. The highest BCUT2D eigenvalue weighted by molar-refractivity contribution is 5.71. The predicted molar refractivity (Wildman–Crippen MR) is 52.8 cm³/mol. The number of nitrogens with zero attached hydrogens (tertiary/aromatic N) is 1. The van der Waals surface area contributed by atoms with E-state index in [1.165, 1.54) is 0 Å². The third-order valence-corrected chi connectivity index (χ3v) is 2.71. The lowest BCUT2D eigenvalue weighted by Gasteiger charge is -2.36. The summed E-state index contributed by atoms with van der Waals surface area (Å²) in [5.74, 6) is -2.15. The molecule has 1 saturated heterocycles. The highest BCUT2D eigenvalue weighted by Gasteiger charge is 2.32. The molecule has 0 unspecified atom stereocenters. The number of aliphatic carboxylic acids is 1. The van der Waals surface area contributed by atoms with Crippen molar-refractivity contribution in [2.45, 2.75) is 6.54 Å². The molecule has 86 valence electrons. The summed E-state index contributed by atoms with van der Waals surface area (Å²) >= 11 is 0. The Morgan fingerprint density at radius 2 is 2.12 bits per heavy atom. The Morgan fingerprint density at radius 3 is 2.75 bits per heavy atom. The molecule has 16 heavy (non-hydrogen) atoms. The Kier molecular flexibility index (Phi) is 2.87. The Balaban J connectivity index is 1.96. The molecule has 1 heterocycles. The maximum absolute atomic E-state index is 13.2. The molecular weight excluding hydrogens is 216 g/mol. The fraction of sp³-hybridized carbons (Fsp3) is 0.364. The number of carboxylic acid groups (broad SMARTS) is 1. The molecule has 0 atom stereocenters. The monoisotopic (exact) mass is 227 g/mol. The van der Waals surface area contributed by atoms with Crippen LogP contribution in [-0.2, 0) is 11.3 Å². The van der Waals surface area contributed by atoms with Gasteiger partial charge in [-0.2, -0.15) is 0 Å². The van der Waals surface area contributed by atoms with Crippen LogP contribution in [0.3, 0.4) is 0 Å². The average Bonchev–Trinajstić information content (AvgIpc) is 2.15. The zero-order valence-corrected chi connectivity index (χ0v) is 8.49. The first-order chi connectivity index (χ1) is 7.56. The van der Waals surface area contributed by atoms with Gasteiger partial charge in [0.05, 0.1) is 5.92 Å². The summed E-state index contributed by atoms with van der Waals surface area (Å²) in [6.45, 7) is 1.05. The molecule has 0 aromatic heterocycles. The fourth-order valence-electron chi connectivity index (χ4n) is 1.76. The van der Waals surface area contributed by atoms with Crippen LogP contribution >= 0.6 is 0 Å². The van der Waals surface area contributed by atoms with E-state index >= 15 is 0 Å². The second-order valence-electron chi connectivity index (χ2n) is 3.96. The predicted octanol–water partition coefficient (Wildman–Crippen LogP) is 1.48. The zero-order valence-electron chi connectivity index (χ0n) is 8.49. The fourth-order valence-corrected chi connectivity index (χ4v) is 1.76. The van der Waals surface area contributed by atoms with Gasteiger partial charge in [-0.15, -0.1) is 0 Å². The minimum absolute atomic E-state index is 0.257. The van der Waals surface area contributed by atoms with Gasteiger partial charge in [0.2, 0.25) is 0 Å². The van der Waals surface area contributed by atoms with E-state index < -0.39 is 17.6 Å². The molecule has 5 heteroatoms. The van der Waals surface area contributed by atoms with Gasteiger partial charge in [-0.1, -0.05) is 0 Å². The number of halogens is 2. The van der Waals surface area contributed by atoms with Crippen LogP contribution in [0.2, 0.25) is 0 Å². The number of carbonyl (C=O) groups is 1. The van der Waals surface area contributed by atoms with Gasteiger partial charge >= 0.3 is 5.97 Å². The van der Waals surface area contributed by atoms with Crippen molar-refractivity contribution in [1.29, 1.82) is 0 Å². The highest BCUT2D eigenvalue weighted by atomic mass is 19.1. The van der Waals surface area contributed by atoms with Crippen LogP contribution in [0, 0.1) is 17.6 Å². The van der Waals surface area contributed by atoms with Crippen molar-refractivity contribution in [2.75, 3.05) is 13.1 Å². The molecule has 0 saturated carbocycles. The van der Waals surface area contributed by atoms with Crippen molar-refractivity contribution in [1.82, 2.24) is 4.90 Å². The molecule has 1 aliphatic rings. The first kappa shape index (κ1) is 11.0. The van der Waals surface area contributed by atoms with E-state index in [1.54, 1.807) is 4.90 Å². The second kappa shape index (κ2) is 4.17. The van der Waals surface area contributed by atoms with Gasteiger partial charge in [0.25, 0.3) is 0 Å². The maximum Gasteiger partial charge on any atom is 0.309 e. The van der Waals surface area contributed by atoms with Gasteiger partial charge in [0.15, 0.2) is 0 Å². The quantitative estimate of drug-likeness (QED) is 0.850. The molecule has 2 rings (SSSR count). The summed E-state index contributed by atoms with van der Waals surface area (Å²) in [5, 5.41) is 8.66. The van der Waals surface area contributed by atoms with E-state index in [0.717, 1.165) is 18.2 Å². The van der Waals surface area contributed by atoms with E-state index in [1.807, 2.05) is 0 Å². The summed E-state index contributed by atoms with van der Waals surface area (Å²) in [6, 6.07) is 3.29. The third-order valence-electron chi connectivity index (χ3n) is 2.71. The van der Waals surface area contributed by atoms with Gasteiger partial charge < -0.3 is 5.11 Å². The van der Waals surface area contributed by atoms with Crippen LogP contribution in [-0.4, -0.2) is 29.1 Å². The lowest BCUT2D eigenvalue weighted by Crippen LogP contribution is -2.49. The molecule has 1 fully saturated rings. The molecule has 0 aliphatic carbocycles. The van der Waals surface area contributed by atoms with E-state index in [-0.39, 0.29) is 18.0 Å². The molecular formula is C11H11F2NO2. The van der Waals surface area contributed by atoms with Gasteiger partial charge in [-0.3, -0.25) is 9.69 Å². The topological polar surface area (TPSA) is 40.5 Å². The minimum Gasteiger partial charge on any atom is -0.481 e. The van der Waals surface area contributed by atoms with Crippen LogP contribution < -0.4 is 0 Å². The summed E-state index contributed by atoms with van der Waals surface area (Å²) in [5.41, 5.74) is 0.267. The van der Waals surface area contributed by atoms with Crippen molar-refractivity contribution in [3.8, 4) is 0 Å². The number of likely N-dealkylation sites (tertiary alicyclic amines) is 1. The molecule has 0 spiro atoms. The van der Waals surface area contributed by atoms with E-state index in [0.29, 0.717) is 13.1 Å². The van der Waals surface area contributed by atoms with E-state index in [9.17, 15) is 13.6 Å². The van der Waals surface area contributed by atoms with Crippen LogP contribution in [0.4, 0.5) is 8.78 Å². The van der Waals surface area contributed by atoms with Gasteiger partial charge in [-0.25, -0.2) is 8.78 Å². The first-order valence-corrected chi connectivity index (χ1v) is 4.95. The van der Waals surface area contributed by atoms with Crippen LogP contribution in [0.25, 0.3) is 0 Å². The highest BCUT2D eigenvalue weighted by Crippen LogP contribution is 2.20. The Labute approximate surface area is 91.3 Å². The molecule has 1 aromatic rings. The molecule has 1 aliphatic heterocycles. The number of rotatable bonds is 3. The minimum atomic E-state index is -0.837. The molecule has 3 nitrogen and oxygen atoms in total. The molecule has 1 aromatic carbocycles. The third kappa shape index (κ3) is 2.19. The zero-order chi connectivity index (χ0) is 11.7. The molecule has 1 N–H and O–H groups in total. The van der Waals surface area contributed by atoms with Crippen LogP contribution in [0.5, 0.6) is 0 Å². The van der Waals surface area contributed by atoms with E-state index in [2.05, 4.69) is 0 Å². The number of hydrogen-bond donors (Lipinski definition) is 1. The van der Waals surface area contributed by atoms with Gasteiger partial charge in [-0.05, 0) is 18.2 Å². The first-order valence-electron chi connectivity index (χ1n) is 4.95. The van der Waals surface area contributed by atoms with Gasteiger partial charge in [0, 0.05) is 25.2 Å². The molecule has 0 amide bonds. The Bertz CT molecular complexity index is 416. The van der Waals surface area contributed by atoms with E-state index in [4.69, 9.17) is 5.11 Å². The Morgan fingerprint density at radius 1 is 1.44 bits per heavy atom. The lowest BCUT2D eigenvalue weighted by molar-refractivity contribution is -0.147. The number of hydrogen-bond acceptors (Lipinski definition) is 2. The van der Waals surface area contributed by atoms with Crippen LogP contribution in [0.15, 0.2) is 18.2 Å². The van der Waals surface area contributed by atoms with Crippen molar-refractivity contribution >= 4 is 5.97 Å². The molecule has 0 radical (unpaired) electrons. The SMILES string of the molecule is O=C(O)C1CN(Cc2cc(F)ccc2F)C1. The lowest BCUT2D eigenvalue weighted by atomic mass is 9.99. The van der Waals surface area contributed by atoms with Crippen LogP contribution in [0.1, 0.15) is 5.56 Å². The summed E-state index contributed by atoms with van der Waals surface area (Å²) in [7, 11) is 0. The summed E-state index contributed by atoms with van der Waals surface area (Å²) in [6.07, 6.45) is 0. The summed E-state index contributed by atoms with van der Waals surface area (Å²) in [4.78, 5) is 12.3. The normalized spacial score (nSPS) is 17.1. The largest absolute Gasteiger partial charge is 0.481 e. The maximum atomic E-state index is 13.2. The van der Waals surface area contributed by atoms with Gasteiger partial charge in [0.1, 0.15) is 11.6 Å².